The Balaban J connectivity index is 2.65. The molecule has 1 unspecified atom stereocenters. The normalized spacial score (nSPS) is 13.4. The maximum absolute atomic E-state index is 12.2. The molecular weight excluding hydrogens is 288 g/mol. The van der Waals surface area contributed by atoms with Crippen molar-refractivity contribution in [2.45, 2.75) is 57.9 Å². The van der Waals surface area contributed by atoms with Crippen molar-refractivity contribution < 1.29 is 8.42 Å². The van der Waals surface area contributed by atoms with Gasteiger partial charge in [0.05, 0.1) is 12.4 Å². The van der Waals surface area contributed by atoms with Gasteiger partial charge in [-0.3, -0.25) is 0 Å². The van der Waals surface area contributed by atoms with Gasteiger partial charge < -0.3 is 5.32 Å². The maximum Gasteiger partial charge on any atom is 0.243 e. The molecule has 0 amide bonds. The van der Waals surface area contributed by atoms with Gasteiger partial charge in [0.15, 0.2) is 0 Å². The quantitative estimate of drug-likeness (QED) is 0.731. The Labute approximate surface area is 127 Å². The number of anilines is 1. The van der Waals surface area contributed by atoms with Gasteiger partial charge in [0.25, 0.3) is 0 Å². The first-order chi connectivity index (χ1) is 9.85. The molecule has 1 aromatic heterocycles. The van der Waals surface area contributed by atoms with Crippen LogP contribution in [0.4, 0.5) is 5.95 Å². The van der Waals surface area contributed by atoms with Crippen LogP contribution in [0.3, 0.4) is 0 Å². The fraction of sp³-hybridized carbons (Fsp3) is 0.714. The summed E-state index contributed by atoms with van der Waals surface area (Å²) in [5.41, 5.74) is 0. The molecule has 0 saturated carbocycles. The van der Waals surface area contributed by atoms with Crippen LogP contribution < -0.4 is 10.0 Å². The highest BCUT2D eigenvalue weighted by molar-refractivity contribution is 7.89. The molecule has 0 bridgehead atoms. The van der Waals surface area contributed by atoms with E-state index in [1.165, 1.54) is 12.4 Å². The second kappa shape index (κ2) is 8.29. The summed E-state index contributed by atoms with van der Waals surface area (Å²) >= 11 is 0. The van der Waals surface area contributed by atoms with Gasteiger partial charge in [-0.05, 0) is 32.1 Å². The summed E-state index contributed by atoms with van der Waals surface area (Å²) in [4.78, 5) is 8.14. The lowest BCUT2D eigenvalue weighted by Gasteiger charge is -2.15. The summed E-state index contributed by atoms with van der Waals surface area (Å²) in [5.74, 6) is 1.01. The van der Waals surface area contributed by atoms with E-state index in [4.69, 9.17) is 0 Å². The fourth-order valence-corrected chi connectivity index (χ4v) is 2.92. The van der Waals surface area contributed by atoms with Crippen molar-refractivity contribution in [2.75, 3.05) is 11.9 Å². The summed E-state index contributed by atoms with van der Waals surface area (Å²) in [6, 6.07) is -0.102. The topological polar surface area (TPSA) is 84.0 Å². The van der Waals surface area contributed by atoms with Crippen molar-refractivity contribution in [1.82, 2.24) is 14.7 Å². The molecular formula is C14H26N4O2S. The largest absolute Gasteiger partial charge is 0.354 e. The van der Waals surface area contributed by atoms with Crippen molar-refractivity contribution in [3.8, 4) is 0 Å². The molecule has 0 aliphatic rings. The van der Waals surface area contributed by atoms with Gasteiger partial charge in [0.2, 0.25) is 16.0 Å². The van der Waals surface area contributed by atoms with Crippen LogP contribution in [0.2, 0.25) is 0 Å². The molecule has 0 aliphatic heterocycles. The summed E-state index contributed by atoms with van der Waals surface area (Å²) in [6.45, 7) is 8.91. The number of rotatable bonds is 9. The Morgan fingerprint density at radius 3 is 2.29 bits per heavy atom. The van der Waals surface area contributed by atoms with E-state index in [2.05, 4.69) is 33.9 Å². The molecule has 0 radical (unpaired) electrons. The Kier molecular flexibility index (Phi) is 7.04. The minimum atomic E-state index is -3.55. The van der Waals surface area contributed by atoms with Crippen molar-refractivity contribution in [3.63, 3.8) is 0 Å². The van der Waals surface area contributed by atoms with E-state index in [-0.39, 0.29) is 10.9 Å². The standard InChI is InChI=1S/C14H26N4O2S/c1-5-8-15-14-16-9-13(10-17-14)21(19,20)18-12(4)7-6-11(2)3/h9-12,18H,5-8H2,1-4H3,(H,15,16,17). The highest BCUT2D eigenvalue weighted by atomic mass is 32.2. The molecule has 0 fully saturated rings. The predicted molar refractivity (Wildman–Crippen MR) is 84.7 cm³/mol. The molecule has 2 N–H and O–H groups in total. The van der Waals surface area contributed by atoms with E-state index >= 15 is 0 Å². The monoisotopic (exact) mass is 314 g/mol. The third-order valence-electron chi connectivity index (χ3n) is 3.00. The first-order valence-electron chi connectivity index (χ1n) is 7.43. The van der Waals surface area contributed by atoms with E-state index < -0.39 is 10.0 Å². The molecule has 21 heavy (non-hydrogen) atoms. The average Bonchev–Trinajstić information content (AvgIpc) is 2.43. The SMILES string of the molecule is CCCNc1ncc(S(=O)(=O)NC(C)CCC(C)C)cn1. The third kappa shape index (κ3) is 6.39. The predicted octanol–water partition coefficient (Wildman–Crippen LogP) is 2.40. The van der Waals surface area contributed by atoms with Crippen LogP contribution in [-0.2, 0) is 10.0 Å². The lowest BCUT2D eigenvalue weighted by Crippen LogP contribution is -2.33. The molecule has 7 heteroatoms. The van der Waals surface area contributed by atoms with Gasteiger partial charge in [-0.1, -0.05) is 20.8 Å². The zero-order valence-corrected chi connectivity index (χ0v) is 14.1. The lowest BCUT2D eigenvalue weighted by molar-refractivity contribution is 0.485. The number of nitrogens with zero attached hydrogens (tertiary/aromatic N) is 2. The van der Waals surface area contributed by atoms with Gasteiger partial charge in [-0.25, -0.2) is 23.1 Å². The molecule has 0 spiro atoms. The van der Waals surface area contributed by atoms with Crippen LogP contribution in [0.1, 0.15) is 47.0 Å². The minimum Gasteiger partial charge on any atom is -0.354 e. The van der Waals surface area contributed by atoms with Crippen molar-refractivity contribution in [1.29, 1.82) is 0 Å². The van der Waals surface area contributed by atoms with Gasteiger partial charge >= 0.3 is 0 Å². The number of sulfonamides is 1. The van der Waals surface area contributed by atoms with E-state index in [0.29, 0.717) is 11.9 Å². The molecule has 6 nitrogen and oxygen atoms in total. The van der Waals surface area contributed by atoms with E-state index in [1.807, 2.05) is 13.8 Å². The Morgan fingerprint density at radius 1 is 1.14 bits per heavy atom. The zero-order chi connectivity index (χ0) is 15.9. The van der Waals surface area contributed by atoms with E-state index in [0.717, 1.165) is 25.8 Å². The Morgan fingerprint density at radius 2 is 1.76 bits per heavy atom. The zero-order valence-electron chi connectivity index (χ0n) is 13.3. The molecule has 1 heterocycles. The number of nitrogens with one attached hydrogen (secondary N) is 2. The summed E-state index contributed by atoms with van der Waals surface area (Å²) < 4.78 is 27.1. The molecule has 1 aromatic rings. The van der Waals surface area contributed by atoms with Crippen LogP contribution in [0.25, 0.3) is 0 Å². The smallest absolute Gasteiger partial charge is 0.243 e. The lowest BCUT2D eigenvalue weighted by atomic mass is 10.1. The molecule has 0 saturated heterocycles. The Bertz CT molecular complexity index is 514. The summed E-state index contributed by atoms with van der Waals surface area (Å²) in [7, 11) is -3.55. The number of aromatic nitrogens is 2. The van der Waals surface area contributed by atoms with Crippen molar-refractivity contribution in [2.24, 2.45) is 5.92 Å². The third-order valence-corrected chi connectivity index (χ3v) is 4.55. The van der Waals surface area contributed by atoms with Crippen LogP contribution >= 0.6 is 0 Å². The molecule has 0 aliphatic carbocycles. The molecule has 120 valence electrons. The Hall–Kier alpha value is -1.21. The van der Waals surface area contributed by atoms with Crippen molar-refractivity contribution >= 4 is 16.0 Å². The molecule has 1 rings (SSSR count). The van der Waals surface area contributed by atoms with Gasteiger partial charge in [0, 0.05) is 12.6 Å². The first-order valence-corrected chi connectivity index (χ1v) is 8.91. The maximum atomic E-state index is 12.2. The number of hydrogen-bond acceptors (Lipinski definition) is 5. The van der Waals surface area contributed by atoms with Gasteiger partial charge in [-0.2, -0.15) is 0 Å². The molecule has 0 aromatic carbocycles. The summed E-state index contributed by atoms with van der Waals surface area (Å²) in [6.07, 6.45) is 5.43. The van der Waals surface area contributed by atoms with E-state index in [1.54, 1.807) is 0 Å². The van der Waals surface area contributed by atoms with Crippen LogP contribution in [0.15, 0.2) is 17.3 Å². The second-order valence-corrected chi connectivity index (χ2v) is 7.38. The average molecular weight is 314 g/mol. The summed E-state index contributed by atoms with van der Waals surface area (Å²) in [5, 5.41) is 3.01. The number of hydrogen-bond donors (Lipinski definition) is 2. The highest BCUT2D eigenvalue weighted by Crippen LogP contribution is 2.11. The van der Waals surface area contributed by atoms with Gasteiger partial charge in [-0.15, -0.1) is 0 Å². The highest BCUT2D eigenvalue weighted by Gasteiger charge is 2.18. The van der Waals surface area contributed by atoms with Crippen molar-refractivity contribution in [3.05, 3.63) is 12.4 Å². The van der Waals surface area contributed by atoms with Crippen LogP contribution in [0, 0.1) is 5.92 Å². The fourth-order valence-electron chi connectivity index (χ4n) is 1.76. The minimum absolute atomic E-state index is 0.0981. The first kappa shape index (κ1) is 17.8. The molecule has 1 atom stereocenters. The van der Waals surface area contributed by atoms with Gasteiger partial charge in [0.1, 0.15) is 4.90 Å². The van der Waals surface area contributed by atoms with Crippen LogP contribution in [0.5, 0.6) is 0 Å². The van der Waals surface area contributed by atoms with E-state index in [9.17, 15) is 8.42 Å². The second-order valence-electron chi connectivity index (χ2n) is 5.66. The van der Waals surface area contributed by atoms with Crippen LogP contribution in [-0.4, -0.2) is 31.0 Å².